The molecule has 0 aliphatic carbocycles. The number of benzene rings is 1. The van der Waals surface area contributed by atoms with E-state index in [-0.39, 0.29) is 24.7 Å². The molecule has 2 heterocycles. The zero-order chi connectivity index (χ0) is 27.1. The Hall–Kier alpha value is -3.26. The topological polar surface area (TPSA) is 156 Å². The van der Waals surface area contributed by atoms with E-state index in [1.807, 2.05) is 0 Å². The standard InChI is InChI=1S/C21H27F3N7O5P/c1-14(2)29-20(32)16(10-35-21(22,23)24)30-37(33,36-15-6-4-3-5-7-15)13-34-9-8-31-12-28-17-18(25)26-11-27-19(17)31/h3-7,11-12,14,16H,8-10,13H2,1-2H3,(H,29,32)(H,30,33)(H2,25,26,27). The van der Waals surface area contributed by atoms with Gasteiger partial charge in [-0.3, -0.25) is 14.1 Å². The largest absolute Gasteiger partial charge is 0.522 e. The lowest BCUT2D eigenvalue weighted by molar-refractivity contribution is -0.325. The molecule has 16 heteroatoms. The molecule has 3 rings (SSSR count). The van der Waals surface area contributed by atoms with Crippen LogP contribution in [0.15, 0.2) is 43.0 Å². The lowest BCUT2D eigenvalue weighted by atomic mass is 10.3. The van der Waals surface area contributed by atoms with Crippen LogP contribution < -0.4 is 20.7 Å². The average Bonchev–Trinajstić information content (AvgIpc) is 3.23. The van der Waals surface area contributed by atoms with Crippen LogP contribution >= 0.6 is 7.52 Å². The number of nitrogens with one attached hydrogen (secondary N) is 2. The van der Waals surface area contributed by atoms with Gasteiger partial charge in [0.15, 0.2) is 11.5 Å². The van der Waals surface area contributed by atoms with Crippen LogP contribution in [0.1, 0.15) is 13.8 Å². The molecule has 2 atom stereocenters. The second-order valence-corrected chi connectivity index (χ2v) is 10.1. The summed E-state index contributed by atoms with van der Waals surface area (Å²) < 4.78 is 68.5. The van der Waals surface area contributed by atoms with Crippen molar-refractivity contribution >= 4 is 30.4 Å². The van der Waals surface area contributed by atoms with Crippen LogP contribution in [0.5, 0.6) is 5.75 Å². The highest BCUT2D eigenvalue weighted by atomic mass is 31.2. The molecule has 0 radical (unpaired) electrons. The fraction of sp³-hybridized carbons (Fsp3) is 0.429. The van der Waals surface area contributed by atoms with Crippen molar-refractivity contribution in [1.82, 2.24) is 29.9 Å². The van der Waals surface area contributed by atoms with Crippen LogP contribution in [0.25, 0.3) is 11.2 Å². The van der Waals surface area contributed by atoms with Gasteiger partial charge < -0.3 is 24.9 Å². The van der Waals surface area contributed by atoms with Crippen molar-refractivity contribution in [3.05, 3.63) is 43.0 Å². The lowest BCUT2D eigenvalue weighted by Gasteiger charge is -2.26. The van der Waals surface area contributed by atoms with Crippen LogP contribution in [0.3, 0.4) is 0 Å². The zero-order valence-electron chi connectivity index (χ0n) is 20.0. The summed E-state index contributed by atoms with van der Waals surface area (Å²) in [6.45, 7) is 2.35. The Morgan fingerprint density at radius 1 is 1.19 bits per heavy atom. The number of fused-ring (bicyclic) bond motifs is 1. The molecule has 4 N–H and O–H groups in total. The first-order valence-electron chi connectivity index (χ1n) is 11.1. The summed E-state index contributed by atoms with van der Waals surface area (Å²) in [7, 11) is -4.09. The van der Waals surface area contributed by atoms with Gasteiger partial charge in [0.2, 0.25) is 5.91 Å². The smallest absolute Gasteiger partial charge is 0.431 e. The Kier molecular flexibility index (Phi) is 9.43. The van der Waals surface area contributed by atoms with Gasteiger partial charge in [-0.2, -0.15) is 0 Å². The van der Waals surface area contributed by atoms with Crippen molar-refractivity contribution in [2.75, 3.05) is 25.3 Å². The molecule has 0 aliphatic heterocycles. The fourth-order valence-corrected chi connectivity index (χ4v) is 4.80. The maximum absolute atomic E-state index is 13.7. The minimum atomic E-state index is -5.00. The molecule has 0 saturated heterocycles. The summed E-state index contributed by atoms with van der Waals surface area (Å²) >= 11 is 0. The second kappa shape index (κ2) is 12.3. The number of anilines is 1. The van der Waals surface area contributed by atoms with E-state index in [9.17, 15) is 22.5 Å². The van der Waals surface area contributed by atoms with Crippen molar-refractivity contribution in [2.24, 2.45) is 0 Å². The number of nitrogens with two attached hydrogens (primary N) is 1. The lowest BCUT2D eigenvalue weighted by Crippen LogP contribution is -2.49. The number of hydrogen-bond acceptors (Lipinski definition) is 9. The summed E-state index contributed by atoms with van der Waals surface area (Å²) in [6.07, 6.45) is -2.80. The number of amides is 1. The molecular formula is C21H27F3N7O5P. The van der Waals surface area contributed by atoms with Gasteiger partial charge in [-0.05, 0) is 26.0 Å². The molecule has 0 fully saturated rings. The normalized spacial score (nSPS) is 14.4. The van der Waals surface area contributed by atoms with Crippen molar-refractivity contribution in [1.29, 1.82) is 0 Å². The number of para-hydroxylation sites is 1. The molecule has 1 aromatic carbocycles. The quantitative estimate of drug-likeness (QED) is 0.216. The summed E-state index contributed by atoms with van der Waals surface area (Å²) in [4.78, 5) is 24.7. The Morgan fingerprint density at radius 2 is 1.92 bits per heavy atom. The summed E-state index contributed by atoms with van der Waals surface area (Å²) in [6, 6.07) is 5.90. The molecule has 202 valence electrons. The van der Waals surface area contributed by atoms with Crippen LogP contribution in [-0.4, -0.2) is 63.4 Å². The number of aromatic nitrogens is 4. The van der Waals surface area contributed by atoms with E-state index >= 15 is 0 Å². The molecule has 12 nitrogen and oxygen atoms in total. The van der Waals surface area contributed by atoms with E-state index in [0.29, 0.717) is 11.2 Å². The summed E-state index contributed by atoms with van der Waals surface area (Å²) in [5.74, 6) is -0.478. The van der Waals surface area contributed by atoms with Crippen LogP contribution in [-0.2, 0) is 25.4 Å². The maximum Gasteiger partial charge on any atom is 0.522 e. The van der Waals surface area contributed by atoms with Gasteiger partial charge >= 0.3 is 13.9 Å². The van der Waals surface area contributed by atoms with E-state index in [4.69, 9.17) is 15.0 Å². The Balaban J connectivity index is 1.73. The van der Waals surface area contributed by atoms with Crippen molar-refractivity contribution in [3.63, 3.8) is 0 Å². The minimum absolute atomic E-state index is 0.00109. The molecule has 2 unspecified atom stereocenters. The monoisotopic (exact) mass is 545 g/mol. The van der Waals surface area contributed by atoms with Gasteiger partial charge in [-0.25, -0.2) is 20.0 Å². The van der Waals surface area contributed by atoms with Gasteiger partial charge in [-0.15, -0.1) is 13.2 Å². The van der Waals surface area contributed by atoms with Crippen molar-refractivity contribution < 1.29 is 36.5 Å². The van der Waals surface area contributed by atoms with Crippen LogP contribution in [0.2, 0.25) is 0 Å². The molecule has 0 aliphatic rings. The van der Waals surface area contributed by atoms with Gasteiger partial charge in [0.05, 0.1) is 19.5 Å². The predicted octanol–water partition coefficient (Wildman–Crippen LogP) is 2.67. The van der Waals surface area contributed by atoms with E-state index in [0.717, 1.165) is 0 Å². The van der Waals surface area contributed by atoms with Crippen LogP contribution in [0, 0.1) is 0 Å². The van der Waals surface area contributed by atoms with Crippen molar-refractivity contribution in [3.8, 4) is 5.75 Å². The Labute approximate surface area is 210 Å². The number of nitrogens with zero attached hydrogens (tertiary/aromatic N) is 4. The third kappa shape index (κ3) is 8.67. The van der Waals surface area contributed by atoms with Crippen molar-refractivity contribution in [2.45, 2.75) is 38.8 Å². The maximum atomic E-state index is 13.7. The van der Waals surface area contributed by atoms with Gasteiger partial charge in [0, 0.05) is 12.6 Å². The molecule has 0 saturated carbocycles. The number of ether oxygens (including phenoxy) is 2. The number of alkyl halides is 3. The molecule has 2 aromatic heterocycles. The molecule has 3 aromatic rings. The number of carbonyl (C=O) groups excluding carboxylic acids is 1. The van der Waals surface area contributed by atoms with Gasteiger partial charge in [-0.1, -0.05) is 18.2 Å². The molecule has 1 amide bonds. The molecule has 0 spiro atoms. The highest BCUT2D eigenvalue weighted by molar-refractivity contribution is 7.57. The van der Waals surface area contributed by atoms with Gasteiger partial charge in [0.25, 0.3) is 0 Å². The predicted molar refractivity (Wildman–Crippen MR) is 127 cm³/mol. The Bertz CT molecular complexity index is 1230. The first-order valence-corrected chi connectivity index (χ1v) is 12.9. The summed E-state index contributed by atoms with van der Waals surface area (Å²) in [5.41, 5.74) is 6.65. The fourth-order valence-electron chi connectivity index (χ4n) is 3.12. The number of rotatable bonds is 13. The zero-order valence-corrected chi connectivity index (χ0v) is 20.9. The number of carbonyl (C=O) groups is 1. The summed E-state index contributed by atoms with van der Waals surface area (Å²) in [5, 5.41) is 4.88. The first kappa shape index (κ1) is 28.3. The van der Waals surface area contributed by atoms with E-state index in [2.05, 4.69) is 30.1 Å². The van der Waals surface area contributed by atoms with Gasteiger partial charge in [0.1, 0.15) is 30.0 Å². The molecule has 0 bridgehead atoms. The average molecular weight is 545 g/mol. The van der Waals surface area contributed by atoms with E-state index < -0.39 is 44.8 Å². The number of imidazole rings is 1. The molecular weight excluding hydrogens is 518 g/mol. The Morgan fingerprint density at radius 3 is 2.59 bits per heavy atom. The minimum Gasteiger partial charge on any atom is -0.431 e. The second-order valence-electron chi connectivity index (χ2n) is 8.09. The van der Waals surface area contributed by atoms with Crippen LogP contribution in [0.4, 0.5) is 19.0 Å². The van der Waals surface area contributed by atoms with E-state index in [1.54, 1.807) is 36.6 Å². The van der Waals surface area contributed by atoms with E-state index in [1.165, 1.54) is 24.8 Å². The highest BCUT2D eigenvalue weighted by Crippen LogP contribution is 2.43. The molecule has 37 heavy (non-hydrogen) atoms. The third-order valence-electron chi connectivity index (χ3n) is 4.68. The number of hydrogen-bond donors (Lipinski definition) is 3. The SMILES string of the molecule is CC(C)NC(=O)C(COC(F)(F)F)NP(=O)(COCCn1cnc2c(N)ncnc21)Oc1ccccc1. The third-order valence-corrected chi connectivity index (χ3v) is 6.41. The highest BCUT2D eigenvalue weighted by Gasteiger charge is 2.37. The number of nitrogen functional groups attached to an aromatic ring is 1. The first-order chi connectivity index (χ1) is 17.5. The number of halogens is 3.